The van der Waals surface area contributed by atoms with Crippen molar-refractivity contribution in [3.63, 3.8) is 0 Å². The van der Waals surface area contributed by atoms with Crippen LogP contribution in [0.15, 0.2) is 24.3 Å². The van der Waals surface area contributed by atoms with Crippen molar-refractivity contribution in [1.29, 1.82) is 0 Å². The van der Waals surface area contributed by atoms with Crippen LogP contribution in [0.2, 0.25) is 5.02 Å². The maximum atomic E-state index is 14.0. The number of aromatic nitrogens is 2. The molecule has 0 unspecified atom stereocenters. The Kier molecular flexibility index (Phi) is 2.87. The average molecular weight is 295 g/mol. The number of halogens is 3. The number of rotatable bonds is 1. The summed E-state index contributed by atoms with van der Waals surface area (Å²) in [5.41, 5.74) is 1.07. The van der Waals surface area contributed by atoms with Gasteiger partial charge in [-0.3, -0.25) is 0 Å². The van der Waals surface area contributed by atoms with Crippen LogP contribution >= 0.6 is 11.6 Å². The van der Waals surface area contributed by atoms with Gasteiger partial charge in [0.05, 0.1) is 27.3 Å². The van der Waals surface area contributed by atoms with E-state index in [2.05, 4.69) is 9.97 Å². The van der Waals surface area contributed by atoms with Crippen LogP contribution < -0.4 is 0 Å². The highest BCUT2D eigenvalue weighted by atomic mass is 35.5. The molecule has 0 aliphatic rings. The van der Waals surface area contributed by atoms with Gasteiger partial charge < -0.3 is 10.1 Å². The molecular formula is C14H9ClF2N2O. The quantitative estimate of drug-likeness (QED) is 0.707. The van der Waals surface area contributed by atoms with Gasteiger partial charge in [0.25, 0.3) is 0 Å². The minimum atomic E-state index is -0.726. The summed E-state index contributed by atoms with van der Waals surface area (Å²) in [6.07, 6.45) is 0. The highest BCUT2D eigenvalue weighted by Crippen LogP contribution is 2.34. The van der Waals surface area contributed by atoms with Gasteiger partial charge in [0, 0.05) is 6.07 Å². The lowest BCUT2D eigenvalue weighted by atomic mass is 10.1. The second kappa shape index (κ2) is 4.45. The SMILES string of the molecule is Cc1cc(F)c(-c2nc3cc(O)[nH]c3cc2Cl)c(F)c1. The van der Waals surface area contributed by atoms with Crippen molar-refractivity contribution in [3.05, 3.63) is 46.5 Å². The molecule has 0 aliphatic heterocycles. The number of aryl methyl sites for hydroxylation is 1. The first-order valence-electron chi connectivity index (χ1n) is 5.80. The molecule has 3 aromatic rings. The van der Waals surface area contributed by atoms with Crippen LogP contribution in [0.4, 0.5) is 8.78 Å². The molecule has 0 radical (unpaired) electrons. The summed E-state index contributed by atoms with van der Waals surface area (Å²) in [5, 5.41) is 9.47. The molecule has 0 spiro atoms. The number of aromatic amines is 1. The smallest absolute Gasteiger partial charge is 0.190 e. The first kappa shape index (κ1) is 12.9. The summed E-state index contributed by atoms with van der Waals surface area (Å²) in [6, 6.07) is 5.27. The van der Waals surface area contributed by atoms with E-state index < -0.39 is 11.6 Å². The molecular weight excluding hydrogens is 286 g/mol. The van der Waals surface area contributed by atoms with E-state index in [9.17, 15) is 13.9 Å². The molecule has 2 heterocycles. The molecule has 20 heavy (non-hydrogen) atoms. The number of nitrogens with one attached hydrogen (secondary N) is 1. The summed E-state index contributed by atoms with van der Waals surface area (Å²) in [6.45, 7) is 1.60. The maximum Gasteiger partial charge on any atom is 0.190 e. The zero-order chi connectivity index (χ0) is 14.4. The number of benzene rings is 1. The summed E-state index contributed by atoms with van der Waals surface area (Å²) >= 11 is 6.03. The molecule has 0 fully saturated rings. The minimum absolute atomic E-state index is 0.00756. The number of nitrogens with zero attached hydrogens (tertiary/aromatic N) is 1. The molecule has 2 N–H and O–H groups in total. The van der Waals surface area contributed by atoms with Crippen LogP contribution in [0.25, 0.3) is 22.3 Å². The number of pyridine rings is 1. The molecule has 102 valence electrons. The van der Waals surface area contributed by atoms with Gasteiger partial charge in [-0.25, -0.2) is 13.8 Å². The lowest BCUT2D eigenvalue weighted by Gasteiger charge is -2.08. The standard InChI is InChI=1S/C14H9ClF2N2O/c1-6-2-8(16)13(9(17)3-6)14-7(15)4-10-11(19-14)5-12(20)18-10/h2-5,18,20H,1H3. The topological polar surface area (TPSA) is 48.9 Å². The minimum Gasteiger partial charge on any atom is -0.495 e. The zero-order valence-corrected chi connectivity index (χ0v) is 11.1. The second-order valence-electron chi connectivity index (χ2n) is 4.51. The van der Waals surface area contributed by atoms with E-state index in [1.165, 1.54) is 24.3 Å². The largest absolute Gasteiger partial charge is 0.495 e. The van der Waals surface area contributed by atoms with Crippen LogP contribution in [0.3, 0.4) is 0 Å². The zero-order valence-electron chi connectivity index (χ0n) is 10.3. The number of aromatic hydroxyl groups is 1. The molecule has 3 rings (SSSR count). The molecule has 3 nitrogen and oxygen atoms in total. The second-order valence-corrected chi connectivity index (χ2v) is 4.92. The van der Waals surface area contributed by atoms with E-state index >= 15 is 0 Å². The van der Waals surface area contributed by atoms with Crippen LogP contribution in [-0.4, -0.2) is 15.1 Å². The van der Waals surface area contributed by atoms with Gasteiger partial charge in [0.1, 0.15) is 11.6 Å². The third-order valence-corrected chi connectivity index (χ3v) is 3.25. The Morgan fingerprint density at radius 1 is 1.15 bits per heavy atom. The first-order valence-corrected chi connectivity index (χ1v) is 6.18. The van der Waals surface area contributed by atoms with Crippen molar-refractivity contribution in [2.75, 3.05) is 0 Å². The Hall–Kier alpha value is -2.14. The Morgan fingerprint density at radius 3 is 2.45 bits per heavy atom. The molecule has 0 saturated carbocycles. The van der Waals surface area contributed by atoms with Gasteiger partial charge in [-0.15, -0.1) is 0 Å². The van der Waals surface area contributed by atoms with Crippen LogP contribution in [-0.2, 0) is 0 Å². The maximum absolute atomic E-state index is 14.0. The first-order chi connectivity index (χ1) is 9.45. The third kappa shape index (κ3) is 2.00. The lowest BCUT2D eigenvalue weighted by molar-refractivity contribution is 0.458. The van der Waals surface area contributed by atoms with Gasteiger partial charge in [-0.05, 0) is 30.7 Å². The van der Waals surface area contributed by atoms with Crippen molar-refractivity contribution in [2.45, 2.75) is 6.92 Å². The van der Waals surface area contributed by atoms with Gasteiger partial charge >= 0.3 is 0 Å². The summed E-state index contributed by atoms with van der Waals surface area (Å²) in [4.78, 5) is 6.75. The molecule has 6 heteroatoms. The van der Waals surface area contributed by atoms with Crippen LogP contribution in [0, 0.1) is 18.6 Å². The third-order valence-electron chi connectivity index (χ3n) is 2.96. The van der Waals surface area contributed by atoms with E-state index in [1.807, 2.05) is 0 Å². The number of hydrogen-bond acceptors (Lipinski definition) is 2. The van der Waals surface area contributed by atoms with Crippen molar-refractivity contribution in [1.82, 2.24) is 9.97 Å². The van der Waals surface area contributed by atoms with Gasteiger partial charge in [0.2, 0.25) is 0 Å². The molecule has 0 aliphatic carbocycles. The average Bonchev–Trinajstić information content (AvgIpc) is 2.67. The van der Waals surface area contributed by atoms with Crippen molar-refractivity contribution >= 4 is 22.6 Å². The van der Waals surface area contributed by atoms with Crippen molar-refractivity contribution in [3.8, 4) is 17.1 Å². The van der Waals surface area contributed by atoms with Crippen LogP contribution in [0.5, 0.6) is 5.88 Å². The summed E-state index contributed by atoms with van der Waals surface area (Å²) in [7, 11) is 0. The highest BCUT2D eigenvalue weighted by Gasteiger charge is 2.18. The monoisotopic (exact) mass is 294 g/mol. The molecule has 0 saturated heterocycles. The molecule has 2 aromatic heterocycles. The van der Waals surface area contributed by atoms with E-state index in [-0.39, 0.29) is 22.2 Å². The molecule has 0 atom stereocenters. The van der Waals surface area contributed by atoms with E-state index in [0.717, 1.165) is 0 Å². The van der Waals surface area contributed by atoms with Gasteiger partial charge in [0.15, 0.2) is 5.88 Å². The fraction of sp³-hybridized carbons (Fsp3) is 0.0714. The Labute approximate surface area is 117 Å². The Morgan fingerprint density at radius 2 is 1.80 bits per heavy atom. The predicted octanol–water partition coefficient (Wildman–Crippen LogP) is 4.18. The molecule has 0 bridgehead atoms. The Balaban J connectivity index is 2.31. The van der Waals surface area contributed by atoms with E-state index in [1.54, 1.807) is 6.92 Å². The van der Waals surface area contributed by atoms with Crippen molar-refractivity contribution < 1.29 is 13.9 Å². The molecule has 0 amide bonds. The number of H-pyrrole nitrogens is 1. The summed E-state index contributed by atoms with van der Waals surface area (Å²) < 4.78 is 28.0. The van der Waals surface area contributed by atoms with E-state index in [0.29, 0.717) is 16.6 Å². The fourth-order valence-electron chi connectivity index (χ4n) is 2.12. The van der Waals surface area contributed by atoms with Gasteiger partial charge in [-0.2, -0.15) is 0 Å². The Bertz CT molecular complexity index is 806. The number of hydrogen-bond donors (Lipinski definition) is 2. The number of fused-ring (bicyclic) bond motifs is 1. The van der Waals surface area contributed by atoms with Crippen LogP contribution in [0.1, 0.15) is 5.56 Å². The fourth-order valence-corrected chi connectivity index (χ4v) is 2.36. The van der Waals surface area contributed by atoms with E-state index in [4.69, 9.17) is 11.6 Å². The normalized spacial score (nSPS) is 11.2. The molecule has 1 aromatic carbocycles. The van der Waals surface area contributed by atoms with Crippen molar-refractivity contribution in [2.24, 2.45) is 0 Å². The summed E-state index contributed by atoms with van der Waals surface area (Å²) in [5.74, 6) is -1.54. The van der Waals surface area contributed by atoms with Gasteiger partial charge in [-0.1, -0.05) is 11.6 Å². The lowest BCUT2D eigenvalue weighted by Crippen LogP contribution is -1.95. The predicted molar refractivity (Wildman–Crippen MR) is 72.9 cm³/mol. The highest BCUT2D eigenvalue weighted by molar-refractivity contribution is 6.33.